The van der Waals surface area contributed by atoms with Gasteiger partial charge in [-0.1, -0.05) is 26.0 Å². The second kappa shape index (κ2) is 4.70. The van der Waals surface area contributed by atoms with Gasteiger partial charge in [0.1, 0.15) is 0 Å². The second-order valence-corrected chi connectivity index (χ2v) is 6.56. The van der Waals surface area contributed by atoms with Crippen molar-refractivity contribution in [3.8, 4) is 0 Å². The number of fused-ring (bicyclic) bond motifs is 1. The maximum absolute atomic E-state index is 2.66. The summed E-state index contributed by atoms with van der Waals surface area (Å²) in [5.41, 5.74) is 6.22. The highest BCUT2D eigenvalue weighted by molar-refractivity contribution is 5.40. The number of hydrogen-bond donors (Lipinski definition) is 0. The molecule has 0 N–H and O–H groups in total. The van der Waals surface area contributed by atoms with Gasteiger partial charge in [-0.25, -0.2) is 0 Å². The van der Waals surface area contributed by atoms with Gasteiger partial charge in [-0.15, -0.1) is 0 Å². The Morgan fingerprint density at radius 3 is 2.67 bits per heavy atom. The lowest BCUT2D eigenvalue weighted by atomic mass is 9.89. The molecule has 0 radical (unpaired) electrons. The molecule has 2 aliphatic rings. The largest absolute Gasteiger partial charge is 0.298 e. The van der Waals surface area contributed by atoms with E-state index in [1.165, 1.54) is 44.5 Å². The Kier molecular flexibility index (Phi) is 3.19. The van der Waals surface area contributed by atoms with Gasteiger partial charge in [0.15, 0.2) is 0 Å². The van der Waals surface area contributed by atoms with Crippen LogP contribution in [0.25, 0.3) is 0 Å². The van der Waals surface area contributed by atoms with E-state index in [2.05, 4.69) is 37.8 Å². The molecule has 1 aromatic rings. The summed E-state index contributed by atoms with van der Waals surface area (Å²) in [6.45, 7) is 10.7. The first-order valence-corrected chi connectivity index (χ1v) is 7.48. The van der Waals surface area contributed by atoms with E-state index in [4.69, 9.17) is 0 Å². The van der Waals surface area contributed by atoms with Crippen molar-refractivity contribution in [1.82, 2.24) is 4.90 Å². The van der Waals surface area contributed by atoms with E-state index >= 15 is 0 Å². The van der Waals surface area contributed by atoms with Crippen molar-refractivity contribution in [3.05, 3.63) is 34.4 Å². The van der Waals surface area contributed by atoms with Gasteiger partial charge >= 0.3 is 0 Å². The van der Waals surface area contributed by atoms with Crippen molar-refractivity contribution < 1.29 is 0 Å². The molecule has 0 spiro atoms. The topological polar surface area (TPSA) is 3.24 Å². The quantitative estimate of drug-likeness (QED) is 0.778. The summed E-state index contributed by atoms with van der Waals surface area (Å²) in [5.74, 6) is 1.67. The Hall–Kier alpha value is -0.820. The zero-order valence-electron chi connectivity index (χ0n) is 12.0. The van der Waals surface area contributed by atoms with Crippen molar-refractivity contribution >= 4 is 0 Å². The Labute approximate surface area is 111 Å². The lowest BCUT2D eigenvalue weighted by Crippen LogP contribution is -2.32. The summed E-state index contributed by atoms with van der Waals surface area (Å²) in [7, 11) is 0. The molecule has 0 unspecified atom stereocenters. The fourth-order valence-electron chi connectivity index (χ4n) is 3.25. The van der Waals surface area contributed by atoms with Crippen molar-refractivity contribution in [3.63, 3.8) is 0 Å². The van der Waals surface area contributed by atoms with Crippen LogP contribution in [0.4, 0.5) is 0 Å². The Bertz CT molecular complexity index is 443. The minimum atomic E-state index is 0.653. The van der Waals surface area contributed by atoms with Crippen LogP contribution in [0.1, 0.15) is 54.9 Å². The van der Waals surface area contributed by atoms with Gasteiger partial charge in [-0.2, -0.15) is 0 Å². The first-order valence-electron chi connectivity index (χ1n) is 7.48. The predicted molar refractivity (Wildman–Crippen MR) is 77.0 cm³/mol. The minimum absolute atomic E-state index is 0.653. The SMILES string of the molecule is Cc1cc2c(cc1C(C)C)CCN(CC1CC1)C2. The minimum Gasteiger partial charge on any atom is -0.298 e. The average molecular weight is 243 g/mol. The predicted octanol–water partition coefficient (Wildman–Crippen LogP) is 3.89. The lowest BCUT2D eigenvalue weighted by Gasteiger charge is -2.30. The molecule has 18 heavy (non-hydrogen) atoms. The van der Waals surface area contributed by atoms with Gasteiger partial charge in [0, 0.05) is 19.6 Å². The lowest BCUT2D eigenvalue weighted by molar-refractivity contribution is 0.244. The summed E-state index contributed by atoms with van der Waals surface area (Å²) in [6, 6.07) is 4.92. The highest BCUT2D eigenvalue weighted by atomic mass is 15.1. The molecule has 1 heterocycles. The highest BCUT2D eigenvalue weighted by Gasteiger charge is 2.26. The zero-order chi connectivity index (χ0) is 12.7. The molecule has 0 aromatic heterocycles. The highest BCUT2D eigenvalue weighted by Crippen LogP contribution is 2.32. The van der Waals surface area contributed by atoms with Crippen LogP contribution < -0.4 is 0 Å². The van der Waals surface area contributed by atoms with E-state index in [0.29, 0.717) is 5.92 Å². The Morgan fingerprint density at radius 2 is 2.00 bits per heavy atom. The molecule has 3 rings (SSSR count). The maximum Gasteiger partial charge on any atom is 0.0236 e. The van der Waals surface area contributed by atoms with Gasteiger partial charge in [-0.05, 0) is 60.3 Å². The molecule has 1 saturated carbocycles. The Balaban J connectivity index is 1.80. The van der Waals surface area contributed by atoms with E-state index in [1.54, 1.807) is 16.7 Å². The molecule has 1 aliphatic carbocycles. The first kappa shape index (κ1) is 12.2. The van der Waals surface area contributed by atoms with Gasteiger partial charge in [0.05, 0.1) is 0 Å². The van der Waals surface area contributed by atoms with E-state index in [9.17, 15) is 0 Å². The van der Waals surface area contributed by atoms with Gasteiger partial charge < -0.3 is 0 Å². The number of nitrogens with zero attached hydrogens (tertiary/aromatic N) is 1. The summed E-state index contributed by atoms with van der Waals surface area (Å²) in [5, 5.41) is 0. The van der Waals surface area contributed by atoms with Crippen molar-refractivity contribution in [2.45, 2.75) is 52.5 Å². The summed E-state index contributed by atoms with van der Waals surface area (Å²) >= 11 is 0. The molecular formula is C17H25N. The van der Waals surface area contributed by atoms with Gasteiger partial charge in [0.2, 0.25) is 0 Å². The van der Waals surface area contributed by atoms with Crippen molar-refractivity contribution in [2.75, 3.05) is 13.1 Å². The van der Waals surface area contributed by atoms with E-state index < -0.39 is 0 Å². The second-order valence-electron chi connectivity index (χ2n) is 6.56. The number of rotatable bonds is 3. The Morgan fingerprint density at radius 1 is 1.22 bits per heavy atom. The molecule has 0 bridgehead atoms. The van der Waals surface area contributed by atoms with Crippen LogP contribution in [-0.4, -0.2) is 18.0 Å². The molecule has 1 aliphatic heterocycles. The molecule has 0 atom stereocenters. The third-order valence-electron chi connectivity index (χ3n) is 4.51. The molecule has 0 amide bonds. The third-order valence-corrected chi connectivity index (χ3v) is 4.51. The number of hydrogen-bond acceptors (Lipinski definition) is 1. The average Bonchev–Trinajstić information content (AvgIpc) is 3.11. The van der Waals surface area contributed by atoms with Crippen molar-refractivity contribution in [2.24, 2.45) is 5.92 Å². The standard InChI is InChI=1S/C17H25N/c1-12(2)17-9-15-6-7-18(10-14-4-5-14)11-16(15)8-13(17)3/h8-9,12,14H,4-7,10-11H2,1-3H3. The molecule has 0 saturated heterocycles. The maximum atomic E-state index is 2.66. The number of benzene rings is 1. The van der Waals surface area contributed by atoms with E-state index in [-0.39, 0.29) is 0 Å². The fraction of sp³-hybridized carbons (Fsp3) is 0.647. The van der Waals surface area contributed by atoms with Crippen LogP contribution in [-0.2, 0) is 13.0 Å². The number of aryl methyl sites for hydroxylation is 1. The molecule has 1 nitrogen and oxygen atoms in total. The van der Waals surface area contributed by atoms with Crippen LogP contribution in [0, 0.1) is 12.8 Å². The molecule has 1 aromatic carbocycles. The van der Waals surface area contributed by atoms with Crippen LogP contribution in [0.5, 0.6) is 0 Å². The van der Waals surface area contributed by atoms with E-state index in [0.717, 1.165) is 5.92 Å². The zero-order valence-corrected chi connectivity index (χ0v) is 12.0. The molecule has 1 fully saturated rings. The van der Waals surface area contributed by atoms with E-state index in [1.807, 2.05) is 0 Å². The normalized spacial score (nSPS) is 20.2. The summed E-state index contributed by atoms with van der Waals surface area (Å²) in [4.78, 5) is 2.66. The van der Waals surface area contributed by atoms with Crippen LogP contribution in [0.3, 0.4) is 0 Å². The molecule has 98 valence electrons. The fourth-order valence-corrected chi connectivity index (χ4v) is 3.25. The van der Waals surface area contributed by atoms with Crippen molar-refractivity contribution in [1.29, 1.82) is 0 Å². The van der Waals surface area contributed by atoms with Crippen LogP contribution in [0.15, 0.2) is 12.1 Å². The summed E-state index contributed by atoms with van der Waals surface area (Å²) in [6.07, 6.45) is 4.19. The first-order chi connectivity index (χ1) is 8.63. The monoisotopic (exact) mass is 243 g/mol. The van der Waals surface area contributed by atoms with Gasteiger partial charge in [-0.3, -0.25) is 4.90 Å². The van der Waals surface area contributed by atoms with Gasteiger partial charge in [0.25, 0.3) is 0 Å². The van der Waals surface area contributed by atoms with Crippen LogP contribution in [0.2, 0.25) is 0 Å². The molecular weight excluding hydrogens is 218 g/mol. The third kappa shape index (κ3) is 2.47. The molecule has 1 heteroatoms. The smallest absolute Gasteiger partial charge is 0.0236 e. The van der Waals surface area contributed by atoms with Crippen LogP contribution >= 0.6 is 0 Å². The summed E-state index contributed by atoms with van der Waals surface area (Å²) < 4.78 is 0.